The minimum absolute atomic E-state index is 0.00817. The van der Waals surface area contributed by atoms with E-state index in [1.54, 1.807) is 11.8 Å². The molecule has 0 aromatic heterocycles. The molecule has 2 fully saturated rings. The first-order valence-corrected chi connectivity index (χ1v) is 5.05. The van der Waals surface area contributed by atoms with Gasteiger partial charge in [0.25, 0.3) is 0 Å². The molecular weight excluding hydrogens is 190 g/mol. The van der Waals surface area contributed by atoms with Crippen LogP contribution in [0.3, 0.4) is 0 Å². The van der Waals surface area contributed by atoms with Gasteiger partial charge in [-0.1, -0.05) is 6.92 Å². The van der Waals surface area contributed by atoms with E-state index in [1.807, 2.05) is 6.92 Å². The Balaban J connectivity index is 2.18. The first-order chi connectivity index (χ1) is 5.96. The molecule has 2 saturated heterocycles. The first-order valence-electron chi connectivity index (χ1n) is 4.17. The third kappa shape index (κ3) is 0.995. The number of rotatable bonds is 1. The van der Waals surface area contributed by atoms with Crippen LogP contribution in [0.25, 0.3) is 0 Å². The van der Waals surface area contributed by atoms with Gasteiger partial charge in [-0.3, -0.25) is 9.59 Å². The molecule has 2 aliphatic rings. The molecule has 2 aliphatic heterocycles. The average molecular weight is 201 g/mol. The lowest BCUT2D eigenvalue weighted by atomic mass is 9.99. The first kappa shape index (κ1) is 8.87. The quantitative estimate of drug-likeness (QED) is 0.623. The average Bonchev–Trinajstić information content (AvgIpc) is 2.41. The van der Waals surface area contributed by atoms with Crippen LogP contribution in [0.5, 0.6) is 0 Å². The number of nitrogens with zero attached hydrogens (tertiary/aromatic N) is 1. The largest absolute Gasteiger partial charge is 0.480 e. The zero-order chi connectivity index (χ0) is 9.80. The van der Waals surface area contributed by atoms with Crippen molar-refractivity contribution in [3.8, 4) is 0 Å². The van der Waals surface area contributed by atoms with Gasteiger partial charge in [0.2, 0.25) is 5.91 Å². The number of carbonyl (C=O) groups is 2. The highest BCUT2D eigenvalue weighted by atomic mass is 32.2. The number of carboxylic acid groups (broad SMARTS) is 1. The Morgan fingerprint density at radius 1 is 1.77 bits per heavy atom. The number of thioether (sulfide) groups is 1. The van der Waals surface area contributed by atoms with Gasteiger partial charge < -0.3 is 10.0 Å². The van der Waals surface area contributed by atoms with E-state index in [9.17, 15) is 9.59 Å². The van der Waals surface area contributed by atoms with Crippen LogP contribution in [-0.4, -0.2) is 38.5 Å². The second kappa shape index (κ2) is 2.41. The number of fused-ring (bicyclic) bond motifs is 1. The molecule has 0 bridgehead atoms. The minimum Gasteiger partial charge on any atom is -0.480 e. The van der Waals surface area contributed by atoms with E-state index >= 15 is 0 Å². The maximum atomic E-state index is 11.3. The summed E-state index contributed by atoms with van der Waals surface area (Å²) in [5.74, 6) is -0.749. The Bertz CT molecular complexity index is 291. The second-order valence-corrected chi connectivity index (χ2v) is 5.42. The van der Waals surface area contributed by atoms with Gasteiger partial charge in [-0.25, -0.2) is 0 Å². The summed E-state index contributed by atoms with van der Waals surface area (Å²) < 4.78 is -0.801. The van der Waals surface area contributed by atoms with Crippen LogP contribution in [0.1, 0.15) is 13.8 Å². The molecule has 0 spiro atoms. The maximum absolute atomic E-state index is 11.3. The molecule has 0 radical (unpaired) electrons. The number of carboxylic acids is 1. The van der Waals surface area contributed by atoms with Crippen molar-refractivity contribution in [2.75, 3.05) is 6.54 Å². The van der Waals surface area contributed by atoms with Crippen molar-refractivity contribution in [2.24, 2.45) is 5.92 Å². The molecule has 0 aromatic rings. The molecule has 72 valence electrons. The van der Waals surface area contributed by atoms with E-state index in [-0.39, 0.29) is 17.2 Å². The molecule has 5 heteroatoms. The van der Waals surface area contributed by atoms with E-state index in [0.29, 0.717) is 6.54 Å². The summed E-state index contributed by atoms with van der Waals surface area (Å²) >= 11 is 1.39. The van der Waals surface area contributed by atoms with Crippen molar-refractivity contribution < 1.29 is 14.7 Å². The monoisotopic (exact) mass is 201 g/mol. The number of hydrogen-bond donors (Lipinski definition) is 1. The van der Waals surface area contributed by atoms with Crippen molar-refractivity contribution in [1.82, 2.24) is 4.90 Å². The van der Waals surface area contributed by atoms with E-state index in [4.69, 9.17) is 5.11 Å². The standard InChI is InChI=1S/C8H11NO3S/c1-4-5(10)9-3-8(2,7(11)12)13-6(4)9/h4,6H,3H2,1-2H3,(H,11,12)/t4?,6-,8?/m1/s1. The molecule has 3 atom stereocenters. The fourth-order valence-corrected chi connectivity index (χ4v) is 3.25. The van der Waals surface area contributed by atoms with E-state index in [2.05, 4.69) is 0 Å². The topological polar surface area (TPSA) is 57.6 Å². The number of amides is 1. The molecule has 1 N–H and O–H groups in total. The Labute approximate surface area is 80.3 Å². The van der Waals surface area contributed by atoms with Crippen LogP contribution in [0.4, 0.5) is 0 Å². The van der Waals surface area contributed by atoms with Gasteiger partial charge in [-0.15, -0.1) is 11.8 Å². The van der Waals surface area contributed by atoms with Crippen LogP contribution >= 0.6 is 11.8 Å². The summed E-state index contributed by atoms with van der Waals surface area (Å²) in [7, 11) is 0. The Kier molecular flexibility index (Phi) is 1.64. The highest BCUT2D eigenvalue weighted by Gasteiger charge is 2.58. The zero-order valence-electron chi connectivity index (χ0n) is 7.48. The predicted octanol–water partition coefficient (Wildman–Crippen LogP) is 0.381. The van der Waals surface area contributed by atoms with Crippen LogP contribution in [0, 0.1) is 5.92 Å². The van der Waals surface area contributed by atoms with Crippen LogP contribution in [0.15, 0.2) is 0 Å². The van der Waals surface area contributed by atoms with E-state index in [0.717, 1.165) is 0 Å². The van der Waals surface area contributed by atoms with Gasteiger partial charge >= 0.3 is 5.97 Å². The Hall–Kier alpha value is -0.710. The second-order valence-electron chi connectivity index (χ2n) is 3.80. The molecule has 2 rings (SSSR count). The summed E-state index contributed by atoms with van der Waals surface area (Å²) in [5.41, 5.74) is 0. The van der Waals surface area contributed by atoms with Gasteiger partial charge in [-0.05, 0) is 6.92 Å². The fraction of sp³-hybridized carbons (Fsp3) is 0.750. The van der Waals surface area contributed by atoms with Gasteiger partial charge in [0.05, 0.1) is 11.3 Å². The minimum atomic E-state index is -0.827. The number of β-lactam (4-membered cyclic amide) rings is 1. The highest BCUT2D eigenvalue weighted by molar-refractivity contribution is 8.02. The van der Waals surface area contributed by atoms with Crippen molar-refractivity contribution in [3.63, 3.8) is 0 Å². The Morgan fingerprint density at radius 3 is 2.85 bits per heavy atom. The molecule has 4 nitrogen and oxygen atoms in total. The molecule has 2 heterocycles. The van der Waals surface area contributed by atoms with Crippen LogP contribution in [-0.2, 0) is 9.59 Å². The van der Waals surface area contributed by atoms with Gasteiger partial charge in [0, 0.05) is 6.54 Å². The van der Waals surface area contributed by atoms with E-state index in [1.165, 1.54) is 11.8 Å². The number of carbonyl (C=O) groups excluding carboxylic acids is 1. The third-order valence-electron chi connectivity index (χ3n) is 2.71. The number of hydrogen-bond acceptors (Lipinski definition) is 3. The summed E-state index contributed by atoms with van der Waals surface area (Å²) in [6, 6.07) is 0. The lowest BCUT2D eigenvalue weighted by Crippen LogP contribution is -2.55. The summed E-state index contributed by atoms with van der Waals surface area (Å²) in [6.45, 7) is 3.88. The molecule has 0 aliphatic carbocycles. The molecule has 2 unspecified atom stereocenters. The van der Waals surface area contributed by atoms with Crippen LogP contribution < -0.4 is 0 Å². The van der Waals surface area contributed by atoms with Gasteiger partial charge in [-0.2, -0.15) is 0 Å². The Morgan fingerprint density at radius 2 is 2.38 bits per heavy atom. The van der Waals surface area contributed by atoms with Gasteiger partial charge in [0.1, 0.15) is 4.75 Å². The van der Waals surface area contributed by atoms with Crippen molar-refractivity contribution >= 4 is 23.6 Å². The summed E-state index contributed by atoms with van der Waals surface area (Å²) in [5, 5.41) is 9.04. The van der Waals surface area contributed by atoms with Crippen LogP contribution in [0.2, 0.25) is 0 Å². The number of aliphatic carboxylic acids is 1. The molecule has 13 heavy (non-hydrogen) atoms. The van der Waals surface area contributed by atoms with Gasteiger partial charge in [0.15, 0.2) is 0 Å². The van der Waals surface area contributed by atoms with Crippen molar-refractivity contribution in [3.05, 3.63) is 0 Å². The lowest BCUT2D eigenvalue weighted by molar-refractivity contribution is -0.149. The summed E-state index contributed by atoms with van der Waals surface area (Å²) in [6.07, 6.45) is 0. The molecule has 0 aromatic carbocycles. The third-order valence-corrected chi connectivity index (χ3v) is 4.44. The molecular formula is C8H11NO3S. The predicted molar refractivity (Wildman–Crippen MR) is 48.3 cm³/mol. The maximum Gasteiger partial charge on any atom is 0.321 e. The normalized spacial score (nSPS) is 42.9. The van der Waals surface area contributed by atoms with E-state index < -0.39 is 10.7 Å². The molecule has 1 amide bonds. The smallest absolute Gasteiger partial charge is 0.321 e. The lowest BCUT2D eigenvalue weighted by Gasteiger charge is -2.39. The van der Waals surface area contributed by atoms with Crippen molar-refractivity contribution in [1.29, 1.82) is 0 Å². The zero-order valence-corrected chi connectivity index (χ0v) is 8.30. The highest BCUT2D eigenvalue weighted by Crippen LogP contribution is 2.49. The van der Waals surface area contributed by atoms with Crippen molar-refractivity contribution in [2.45, 2.75) is 24.0 Å². The SMILES string of the molecule is CC1C(=O)N2CC(C)(C(=O)O)S[C@H]12. The molecule has 0 saturated carbocycles. The fourth-order valence-electron chi connectivity index (χ4n) is 1.78. The summed E-state index contributed by atoms with van der Waals surface area (Å²) in [4.78, 5) is 23.8.